The van der Waals surface area contributed by atoms with Crippen LogP contribution in [0.5, 0.6) is 0 Å². The molecule has 3 aromatic rings. The van der Waals surface area contributed by atoms with Crippen LogP contribution < -0.4 is 10.2 Å². The molecule has 1 aliphatic heterocycles. The minimum absolute atomic E-state index is 0.121. The Kier molecular flexibility index (Phi) is 4.69. The summed E-state index contributed by atoms with van der Waals surface area (Å²) in [6.45, 7) is 3.01. The Labute approximate surface area is 150 Å². The van der Waals surface area contributed by atoms with Gasteiger partial charge < -0.3 is 15.0 Å². The molecule has 0 aliphatic carbocycles. The molecule has 1 saturated heterocycles. The van der Waals surface area contributed by atoms with Crippen LogP contribution in [-0.4, -0.2) is 57.0 Å². The van der Waals surface area contributed by atoms with Crippen LogP contribution in [0.2, 0.25) is 0 Å². The van der Waals surface area contributed by atoms with Gasteiger partial charge >= 0.3 is 0 Å². The van der Waals surface area contributed by atoms with Crippen molar-refractivity contribution in [1.29, 1.82) is 0 Å². The largest absolute Gasteiger partial charge is 0.378 e. The lowest BCUT2D eigenvalue weighted by Crippen LogP contribution is -2.37. The molecular formula is C17H19N7O2. The molecule has 26 heavy (non-hydrogen) atoms. The van der Waals surface area contributed by atoms with Gasteiger partial charge in [-0.2, -0.15) is 4.52 Å². The van der Waals surface area contributed by atoms with E-state index in [9.17, 15) is 4.79 Å². The molecule has 3 aromatic heterocycles. The summed E-state index contributed by atoms with van der Waals surface area (Å²) in [5, 5.41) is 15.7. The zero-order valence-electron chi connectivity index (χ0n) is 14.2. The van der Waals surface area contributed by atoms with Gasteiger partial charge in [-0.3, -0.25) is 4.79 Å². The standard InChI is InChI=1S/C17H19N7O2/c25-17(19-13-3-1-2-8-18-13)7-6-15-21-20-14-4-5-16(22-24(14)15)23-9-11-26-12-10-23/h1-5,8H,6-7,9-12H2,(H,18,19,25). The van der Waals surface area contributed by atoms with Crippen molar-refractivity contribution < 1.29 is 9.53 Å². The molecule has 0 saturated carbocycles. The Morgan fingerprint density at radius 2 is 2.04 bits per heavy atom. The third kappa shape index (κ3) is 3.62. The van der Waals surface area contributed by atoms with E-state index in [-0.39, 0.29) is 12.3 Å². The van der Waals surface area contributed by atoms with Crippen molar-refractivity contribution in [3.05, 3.63) is 42.4 Å². The van der Waals surface area contributed by atoms with Gasteiger partial charge in [-0.1, -0.05) is 6.07 Å². The predicted molar refractivity (Wildman–Crippen MR) is 95.0 cm³/mol. The van der Waals surface area contributed by atoms with Crippen molar-refractivity contribution in [3.63, 3.8) is 0 Å². The van der Waals surface area contributed by atoms with E-state index in [1.807, 2.05) is 18.2 Å². The fourth-order valence-electron chi connectivity index (χ4n) is 2.81. The molecule has 1 fully saturated rings. The molecule has 0 bridgehead atoms. The molecule has 0 unspecified atom stereocenters. The third-order valence-electron chi connectivity index (χ3n) is 4.16. The van der Waals surface area contributed by atoms with Crippen LogP contribution in [0, 0.1) is 0 Å². The average molecular weight is 353 g/mol. The Morgan fingerprint density at radius 1 is 1.15 bits per heavy atom. The molecular weight excluding hydrogens is 334 g/mol. The molecule has 0 aromatic carbocycles. The molecule has 134 valence electrons. The van der Waals surface area contributed by atoms with Gasteiger partial charge in [0.1, 0.15) is 11.6 Å². The zero-order chi connectivity index (χ0) is 17.8. The summed E-state index contributed by atoms with van der Waals surface area (Å²) in [5.41, 5.74) is 0.669. The maximum atomic E-state index is 12.1. The zero-order valence-corrected chi connectivity index (χ0v) is 14.2. The van der Waals surface area contributed by atoms with Gasteiger partial charge in [-0.15, -0.1) is 15.3 Å². The summed E-state index contributed by atoms with van der Waals surface area (Å²) in [6, 6.07) is 9.21. The minimum atomic E-state index is -0.121. The van der Waals surface area contributed by atoms with Crippen molar-refractivity contribution in [2.75, 3.05) is 36.5 Å². The number of rotatable bonds is 5. The summed E-state index contributed by atoms with van der Waals surface area (Å²) >= 11 is 0. The number of fused-ring (bicyclic) bond motifs is 1. The van der Waals surface area contributed by atoms with Crippen molar-refractivity contribution in [2.24, 2.45) is 0 Å². The van der Waals surface area contributed by atoms with E-state index in [1.54, 1.807) is 22.8 Å². The van der Waals surface area contributed by atoms with E-state index in [2.05, 4.69) is 30.5 Å². The molecule has 1 aliphatic rings. The molecule has 1 amide bonds. The highest BCUT2D eigenvalue weighted by Crippen LogP contribution is 2.14. The molecule has 4 rings (SSSR count). The highest BCUT2D eigenvalue weighted by atomic mass is 16.5. The summed E-state index contributed by atoms with van der Waals surface area (Å²) < 4.78 is 7.09. The van der Waals surface area contributed by atoms with Crippen molar-refractivity contribution in [3.8, 4) is 0 Å². The van der Waals surface area contributed by atoms with E-state index in [0.717, 1.165) is 18.9 Å². The lowest BCUT2D eigenvalue weighted by atomic mass is 10.3. The first-order valence-corrected chi connectivity index (χ1v) is 8.54. The number of carbonyl (C=O) groups is 1. The van der Waals surface area contributed by atoms with E-state index in [0.29, 0.717) is 36.9 Å². The van der Waals surface area contributed by atoms with E-state index >= 15 is 0 Å². The van der Waals surface area contributed by atoms with E-state index < -0.39 is 0 Å². The summed E-state index contributed by atoms with van der Waals surface area (Å²) in [7, 11) is 0. The Hall–Kier alpha value is -3.07. The smallest absolute Gasteiger partial charge is 0.225 e. The lowest BCUT2D eigenvalue weighted by Gasteiger charge is -2.27. The lowest BCUT2D eigenvalue weighted by molar-refractivity contribution is -0.116. The van der Waals surface area contributed by atoms with Gasteiger partial charge in [0, 0.05) is 32.1 Å². The first-order valence-electron chi connectivity index (χ1n) is 8.54. The van der Waals surface area contributed by atoms with Crippen LogP contribution >= 0.6 is 0 Å². The molecule has 0 spiro atoms. The van der Waals surface area contributed by atoms with Gasteiger partial charge in [0.15, 0.2) is 11.5 Å². The number of hydrogen-bond acceptors (Lipinski definition) is 7. The molecule has 1 N–H and O–H groups in total. The number of aromatic nitrogens is 5. The third-order valence-corrected chi connectivity index (χ3v) is 4.16. The van der Waals surface area contributed by atoms with Crippen LogP contribution in [0.3, 0.4) is 0 Å². The fourth-order valence-corrected chi connectivity index (χ4v) is 2.81. The number of morpholine rings is 1. The molecule has 0 radical (unpaired) electrons. The number of aryl methyl sites for hydroxylation is 1. The first-order chi connectivity index (χ1) is 12.8. The second kappa shape index (κ2) is 7.44. The van der Waals surface area contributed by atoms with Crippen LogP contribution in [0.15, 0.2) is 36.5 Å². The molecule has 9 heteroatoms. The van der Waals surface area contributed by atoms with Crippen molar-refractivity contribution in [1.82, 2.24) is 24.8 Å². The van der Waals surface area contributed by atoms with Gasteiger partial charge in [0.25, 0.3) is 0 Å². The summed E-state index contributed by atoms with van der Waals surface area (Å²) in [4.78, 5) is 18.4. The normalized spacial score (nSPS) is 14.5. The van der Waals surface area contributed by atoms with Gasteiger partial charge in [-0.05, 0) is 24.3 Å². The molecule has 4 heterocycles. The van der Waals surface area contributed by atoms with E-state index in [4.69, 9.17) is 4.74 Å². The van der Waals surface area contributed by atoms with Crippen LogP contribution in [0.4, 0.5) is 11.6 Å². The SMILES string of the molecule is O=C(CCc1nnc2ccc(N3CCOCC3)nn12)Nc1ccccn1. The Morgan fingerprint density at radius 3 is 2.85 bits per heavy atom. The van der Waals surface area contributed by atoms with Crippen LogP contribution in [0.25, 0.3) is 5.65 Å². The number of nitrogens with one attached hydrogen (secondary N) is 1. The summed E-state index contributed by atoms with van der Waals surface area (Å²) in [6.07, 6.45) is 2.36. The second-order valence-corrected chi connectivity index (χ2v) is 5.94. The number of pyridine rings is 1. The Bertz CT molecular complexity index is 891. The highest BCUT2D eigenvalue weighted by Gasteiger charge is 2.15. The number of hydrogen-bond donors (Lipinski definition) is 1. The number of anilines is 2. The second-order valence-electron chi connectivity index (χ2n) is 5.94. The number of amides is 1. The minimum Gasteiger partial charge on any atom is -0.378 e. The molecule has 0 atom stereocenters. The predicted octanol–water partition coefficient (Wildman–Crippen LogP) is 0.927. The topological polar surface area (TPSA) is 97.5 Å². The van der Waals surface area contributed by atoms with E-state index in [1.165, 1.54) is 0 Å². The quantitative estimate of drug-likeness (QED) is 0.728. The number of nitrogens with zero attached hydrogens (tertiary/aromatic N) is 6. The average Bonchev–Trinajstić information content (AvgIpc) is 3.10. The van der Waals surface area contributed by atoms with Crippen LogP contribution in [0.1, 0.15) is 12.2 Å². The highest BCUT2D eigenvalue weighted by molar-refractivity contribution is 5.89. The number of carbonyl (C=O) groups excluding carboxylic acids is 1. The van der Waals surface area contributed by atoms with Gasteiger partial charge in [0.05, 0.1) is 13.2 Å². The first kappa shape index (κ1) is 16.4. The molecule has 9 nitrogen and oxygen atoms in total. The maximum absolute atomic E-state index is 12.1. The number of ether oxygens (including phenoxy) is 1. The Balaban J connectivity index is 1.45. The maximum Gasteiger partial charge on any atom is 0.225 e. The monoisotopic (exact) mass is 353 g/mol. The van der Waals surface area contributed by atoms with Crippen LogP contribution in [-0.2, 0) is 16.0 Å². The fraction of sp³-hybridized carbons (Fsp3) is 0.353. The van der Waals surface area contributed by atoms with Gasteiger partial charge in [-0.25, -0.2) is 4.98 Å². The van der Waals surface area contributed by atoms with Crippen molar-refractivity contribution in [2.45, 2.75) is 12.8 Å². The summed E-state index contributed by atoms with van der Waals surface area (Å²) in [5.74, 6) is 1.94. The van der Waals surface area contributed by atoms with Crippen molar-refractivity contribution >= 4 is 23.2 Å². The van der Waals surface area contributed by atoms with Gasteiger partial charge in [0.2, 0.25) is 5.91 Å².